The van der Waals surface area contributed by atoms with E-state index in [1.54, 1.807) is 97.7 Å². The molecule has 2 aromatic heterocycles. The summed E-state index contributed by atoms with van der Waals surface area (Å²) >= 11 is 0. The maximum Gasteiger partial charge on any atom is 0.409 e. The van der Waals surface area contributed by atoms with E-state index in [0.717, 1.165) is 18.4 Å². The SMILES string of the molecule is CCCCOC(=O)N1CCC(Oc2ccc(-c3ccnc4c3cc(-c3ccc(C(C)(C)O)cc3)n4S(=O)(=O)c3ccc(C)cc3)cc2C#N)C1. The summed E-state index contributed by atoms with van der Waals surface area (Å²) in [5.41, 5.74) is 3.49. The lowest BCUT2D eigenvalue weighted by atomic mass is 9.96. The standard InChI is InChI=1S/C39H40N4O6S/c1-5-6-21-48-38(44)42-20-18-31(25-42)49-36-16-11-28(22-29(36)24-40)33-17-19-41-37-34(33)23-35(27-9-12-30(13-10-27)39(3,4)45)43(37)50(46,47)32-14-7-26(2)8-15-32/h7-17,19,22-23,31,45H,5-6,18,20-21,25H2,1-4H3. The second-order valence-corrected chi connectivity index (χ2v) is 14.9. The highest BCUT2D eigenvalue weighted by molar-refractivity contribution is 7.90. The van der Waals surface area contributed by atoms with Crippen molar-refractivity contribution in [2.45, 2.75) is 63.6 Å². The van der Waals surface area contributed by atoms with Gasteiger partial charge >= 0.3 is 6.09 Å². The van der Waals surface area contributed by atoms with Crippen LogP contribution in [-0.4, -0.2) is 59.3 Å². The van der Waals surface area contributed by atoms with Gasteiger partial charge < -0.3 is 19.5 Å². The zero-order valence-electron chi connectivity index (χ0n) is 28.6. The number of hydrogen-bond acceptors (Lipinski definition) is 8. The summed E-state index contributed by atoms with van der Waals surface area (Å²) < 4.78 is 41.5. The molecular weight excluding hydrogens is 653 g/mol. The molecule has 1 saturated heterocycles. The number of pyridine rings is 1. The summed E-state index contributed by atoms with van der Waals surface area (Å²) in [5, 5.41) is 21.2. The van der Waals surface area contributed by atoms with Crippen molar-refractivity contribution >= 4 is 27.1 Å². The normalized spacial score (nSPS) is 14.9. The molecule has 1 aliphatic rings. The maximum atomic E-state index is 14.3. The lowest BCUT2D eigenvalue weighted by Gasteiger charge is -2.18. The van der Waals surface area contributed by atoms with Gasteiger partial charge in [0, 0.05) is 24.5 Å². The summed E-state index contributed by atoms with van der Waals surface area (Å²) in [7, 11) is -4.11. The third-order valence-corrected chi connectivity index (χ3v) is 10.7. The minimum Gasteiger partial charge on any atom is -0.487 e. The van der Waals surface area contributed by atoms with E-state index < -0.39 is 15.6 Å². The van der Waals surface area contributed by atoms with Crippen molar-refractivity contribution in [3.8, 4) is 34.2 Å². The van der Waals surface area contributed by atoms with Crippen LogP contribution in [0.5, 0.6) is 5.75 Å². The third kappa shape index (κ3) is 6.95. The number of amides is 1. The first kappa shape index (κ1) is 34.7. The molecule has 0 bridgehead atoms. The van der Waals surface area contributed by atoms with Gasteiger partial charge in [0.15, 0.2) is 5.65 Å². The Hall–Kier alpha value is -5.18. The van der Waals surface area contributed by atoms with Gasteiger partial charge in [-0.15, -0.1) is 0 Å². The Balaban J connectivity index is 1.39. The molecule has 1 N–H and O–H groups in total. The highest BCUT2D eigenvalue weighted by Gasteiger charge is 2.30. The van der Waals surface area contributed by atoms with E-state index in [9.17, 15) is 23.6 Å². The number of unbranched alkanes of at least 4 members (excludes halogenated alkanes) is 1. The van der Waals surface area contributed by atoms with Gasteiger partial charge in [-0.3, -0.25) is 0 Å². The second-order valence-electron chi connectivity index (χ2n) is 13.1. The molecule has 0 radical (unpaired) electrons. The number of fused-ring (bicyclic) bond motifs is 1. The highest BCUT2D eigenvalue weighted by atomic mass is 32.2. The number of benzene rings is 3. The fraction of sp³-hybridized carbons (Fsp3) is 0.308. The van der Waals surface area contributed by atoms with E-state index in [1.165, 1.54) is 3.97 Å². The van der Waals surface area contributed by atoms with Crippen LogP contribution in [0.2, 0.25) is 0 Å². The van der Waals surface area contributed by atoms with Crippen LogP contribution in [-0.2, 0) is 20.4 Å². The number of carbonyl (C=O) groups excluding carboxylic acids is 1. The summed E-state index contributed by atoms with van der Waals surface area (Å²) in [6.45, 7) is 8.57. The van der Waals surface area contributed by atoms with Crippen molar-refractivity contribution in [1.29, 1.82) is 5.26 Å². The Kier molecular flexibility index (Phi) is 9.69. The van der Waals surface area contributed by atoms with Crippen molar-refractivity contribution in [1.82, 2.24) is 13.9 Å². The van der Waals surface area contributed by atoms with Gasteiger partial charge in [0.05, 0.1) is 34.9 Å². The Morgan fingerprint density at radius 2 is 1.76 bits per heavy atom. The molecule has 1 unspecified atom stereocenters. The lowest BCUT2D eigenvalue weighted by molar-refractivity contribution is 0.0786. The van der Waals surface area contributed by atoms with Gasteiger partial charge in [-0.25, -0.2) is 22.2 Å². The van der Waals surface area contributed by atoms with E-state index in [4.69, 9.17) is 9.47 Å². The van der Waals surface area contributed by atoms with Crippen LogP contribution < -0.4 is 4.74 Å². The van der Waals surface area contributed by atoms with E-state index >= 15 is 0 Å². The monoisotopic (exact) mass is 692 g/mol. The molecule has 0 spiro atoms. The fourth-order valence-electron chi connectivity index (χ4n) is 6.09. The van der Waals surface area contributed by atoms with Gasteiger partial charge in [-0.2, -0.15) is 5.26 Å². The predicted octanol–water partition coefficient (Wildman–Crippen LogP) is 7.40. The lowest BCUT2D eigenvalue weighted by Crippen LogP contribution is -2.31. The molecule has 1 atom stereocenters. The Morgan fingerprint density at radius 3 is 2.44 bits per heavy atom. The Labute approximate surface area is 292 Å². The average molecular weight is 693 g/mol. The molecule has 3 aromatic carbocycles. The molecule has 50 heavy (non-hydrogen) atoms. The largest absolute Gasteiger partial charge is 0.487 e. The molecule has 0 saturated carbocycles. The first-order chi connectivity index (χ1) is 23.9. The van der Waals surface area contributed by atoms with Gasteiger partial charge in [0.2, 0.25) is 0 Å². The molecule has 6 rings (SSSR count). The average Bonchev–Trinajstić information content (AvgIpc) is 3.74. The van der Waals surface area contributed by atoms with E-state index in [0.29, 0.717) is 70.8 Å². The predicted molar refractivity (Wildman–Crippen MR) is 191 cm³/mol. The smallest absolute Gasteiger partial charge is 0.409 e. The molecular formula is C39H40N4O6S. The summed E-state index contributed by atoms with van der Waals surface area (Å²) in [4.78, 5) is 18.7. The second kappa shape index (κ2) is 14.0. The number of ether oxygens (including phenoxy) is 2. The molecule has 258 valence electrons. The zero-order chi connectivity index (χ0) is 35.6. The van der Waals surface area contributed by atoms with Gasteiger partial charge in [0.25, 0.3) is 10.0 Å². The Bertz CT molecular complexity index is 2180. The number of aryl methyl sites for hydroxylation is 1. The van der Waals surface area contributed by atoms with Crippen LogP contribution in [0.25, 0.3) is 33.4 Å². The zero-order valence-corrected chi connectivity index (χ0v) is 29.4. The molecule has 10 nitrogen and oxygen atoms in total. The molecule has 5 aromatic rings. The van der Waals surface area contributed by atoms with Crippen LogP contribution in [0.3, 0.4) is 0 Å². The topological polar surface area (TPSA) is 135 Å². The quantitative estimate of drug-likeness (QED) is 0.150. The number of carbonyl (C=O) groups is 1. The first-order valence-electron chi connectivity index (χ1n) is 16.7. The van der Waals surface area contributed by atoms with Crippen LogP contribution >= 0.6 is 0 Å². The van der Waals surface area contributed by atoms with E-state index in [-0.39, 0.29) is 22.7 Å². The van der Waals surface area contributed by atoms with Crippen LogP contribution in [0.15, 0.2) is 90.0 Å². The molecule has 0 aliphatic carbocycles. The van der Waals surface area contributed by atoms with Crippen molar-refractivity contribution in [2.24, 2.45) is 0 Å². The van der Waals surface area contributed by atoms with Gasteiger partial charge in [0.1, 0.15) is 17.9 Å². The maximum absolute atomic E-state index is 14.3. The molecule has 11 heteroatoms. The van der Waals surface area contributed by atoms with Crippen molar-refractivity contribution in [3.63, 3.8) is 0 Å². The van der Waals surface area contributed by atoms with Gasteiger partial charge in [-0.05, 0) is 85.8 Å². The minimum absolute atomic E-state index is 0.120. The Morgan fingerprint density at radius 1 is 1.04 bits per heavy atom. The molecule has 1 fully saturated rings. The summed E-state index contributed by atoms with van der Waals surface area (Å²) in [6.07, 6.45) is 3.28. The van der Waals surface area contributed by atoms with E-state index in [1.807, 2.05) is 19.9 Å². The number of nitrogens with zero attached hydrogens (tertiary/aromatic N) is 4. The van der Waals surface area contributed by atoms with Crippen molar-refractivity contribution in [2.75, 3.05) is 19.7 Å². The highest BCUT2D eigenvalue weighted by Crippen LogP contribution is 2.38. The van der Waals surface area contributed by atoms with E-state index in [2.05, 4.69) is 11.1 Å². The van der Waals surface area contributed by atoms with Gasteiger partial charge in [-0.1, -0.05) is 61.4 Å². The van der Waals surface area contributed by atoms with Crippen molar-refractivity contribution < 1.29 is 27.8 Å². The number of nitriles is 1. The third-order valence-electron chi connectivity index (χ3n) is 8.94. The van der Waals surface area contributed by atoms with Crippen molar-refractivity contribution in [3.05, 3.63) is 102 Å². The number of likely N-dealkylation sites (tertiary alicyclic amines) is 1. The molecule has 1 aliphatic heterocycles. The molecule has 1 amide bonds. The number of aliphatic hydroxyl groups is 1. The van der Waals surface area contributed by atoms with Crippen LogP contribution in [0.4, 0.5) is 4.79 Å². The number of rotatable bonds is 10. The summed E-state index contributed by atoms with van der Waals surface area (Å²) in [6, 6.07) is 24.9. The number of hydrogen-bond donors (Lipinski definition) is 1. The van der Waals surface area contributed by atoms with Crippen LogP contribution in [0, 0.1) is 18.3 Å². The summed E-state index contributed by atoms with van der Waals surface area (Å²) in [5.74, 6) is 0.403. The first-order valence-corrected chi connectivity index (χ1v) is 18.1. The van der Waals surface area contributed by atoms with Crippen LogP contribution in [0.1, 0.15) is 56.7 Å². The molecule has 3 heterocycles. The number of aromatic nitrogens is 2. The minimum atomic E-state index is -4.11. The fourth-order valence-corrected chi connectivity index (χ4v) is 7.57.